The SMILES string of the molecule is O=S(=O)(OCCF)OC(F)(F)F. The van der Waals surface area contributed by atoms with Crippen molar-refractivity contribution in [3.63, 3.8) is 0 Å². The van der Waals surface area contributed by atoms with Gasteiger partial charge in [0.1, 0.15) is 6.67 Å². The maximum absolute atomic E-state index is 11.2. The van der Waals surface area contributed by atoms with Gasteiger partial charge in [-0.3, -0.25) is 0 Å². The molecule has 0 heterocycles. The second kappa shape index (κ2) is 4.01. The normalized spacial score (nSPS) is 13.3. The van der Waals surface area contributed by atoms with Crippen molar-refractivity contribution >= 4 is 10.4 Å². The van der Waals surface area contributed by atoms with Gasteiger partial charge in [0.2, 0.25) is 0 Å². The number of alkyl halides is 4. The predicted octanol–water partition coefficient (Wildman–Crippen LogP) is 0.754. The van der Waals surface area contributed by atoms with E-state index in [0.717, 1.165) is 0 Å². The Morgan fingerprint density at radius 1 is 1.25 bits per heavy atom. The van der Waals surface area contributed by atoms with Crippen LogP contribution in [0.15, 0.2) is 0 Å². The summed E-state index contributed by atoms with van der Waals surface area (Å²) in [5, 5.41) is 0. The van der Waals surface area contributed by atoms with Gasteiger partial charge < -0.3 is 0 Å². The Labute approximate surface area is 65.4 Å². The third-order valence-electron chi connectivity index (χ3n) is 0.501. The summed E-state index contributed by atoms with van der Waals surface area (Å²) < 4.78 is 70.9. The standard InChI is InChI=1S/C3H4F4O4S/c4-1-2-10-12(8,9)11-3(5,6)7/h1-2H2. The van der Waals surface area contributed by atoms with E-state index < -0.39 is 30.0 Å². The first kappa shape index (κ1) is 11.6. The van der Waals surface area contributed by atoms with Crippen molar-refractivity contribution in [3.8, 4) is 0 Å². The molecule has 0 rings (SSSR count). The van der Waals surface area contributed by atoms with Gasteiger partial charge in [-0.25, -0.2) is 8.57 Å². The van der Waals surface area contributed by atoms with E-state index >= 15 is 0 Å². The van der Waals surface area contributed by atoms with Crippen LogP contribution in [0.5, 0.6) is 0 Å². The quantitative estimate of drug-likeness (QED) is 0.645. The molecule has 0 unspecified atom stereocenters. The van der Waals surface area contributed by atoms with Crippen LogP contribution in [0.4, 0.5) is 17.6 Å². The van der Waals surface area contributed by atoms with Gasteiger partial charge in [-0.1, -0.05) is 0 Å². The lowest BCUT2D eigenvalue weighted by Crippen LogP contribution is -2.22. The zero-order chi connectivity index (χ0) is 9.83. The molecule has 0 aromatic rings. The summed E-state index contributed by atoms with van der Waals surface area (Å²) in [5.74, 6) is 0. The van der Waals surface area contributed by atoms with E-state index in [2.05, 4.69) is 8.37 Å². The van der Waals surface area contributed by atoms with E-state index in [9.17, 15) is 26.0 Å². The van der Waals surface area contributed by atoms with E-state index in [1.165, 1.54) is 0 Å². The second-order valence-electron chi connectivity index (χ2n) is 1.45. The highest BCUT2D eigenvalue weighted by molar-refractivity contribution is 7.81. The summed E-state index contributed by atoms with van der Waals surface area (Å²) in [6.07, 6.45) is -5.35. The third kappa shape index (κ3) is 6.31. The molecular formula is C3H4F4O4S. The molecule has 0 aliphatic carbocycles. The second-order valence-corrected chi connectivity index (χ2v) is 2.67. The van der Waals surface area contributed by atoms with Crippen molar-refractivity contribution in [1.29, 1.82) is 0 Å². The van der Waals surface area contributed by atoms with Crippen molar-refractivity contribution in [3.05, 3.63) is 0 Å². The van der Waals surface area contributed by atoms with Crippen molar-refractivity contribution in [1.82, 2.24) is 0 Å². The molecule has 0 aromatic heterocycles. The predicted molar refractivity (Wildman–Crippen MR) is 28.0 cm³/mol. The molecule has 0 N–H and O–H groups in total. The van der Waals surface area contributed by atoms with Gasteiger partial charge in [-0.05, 0) is 0 Å². The van der Waals surface area contributed by atoms with Crippen molar-refractivity contribution in [2.75, 3.05) is 13.3 Å². The topological polar surface area (TPSA) is 52.6 Å². The van der Waals surface area contributed by atoms with Crippen molar-refractivity contribution < 1.29 is 34.3 Å². The molecule has 4 nitrogen and oxygen atoms in total. The molecule has 0 radical (unpaired) electrons. The van der Waals surface area contributed by atoms with Crippen LogP contribution >= 0.6 is 0 Å². The summed E-state index contributed by atoms with van der Waals surface area (Å²) in [4.78, 5) is 0. The maximum Gasteiger partial charge on any atom is 0.538 e. The molecule has 0 saturated heterocycles. The highest BCUT2D eigenvalue weighted by Gasteiger charge is 2.37. The van der Waals surface area contributed by atoms with Gasteiger partial charge in [0.05, 0.1) is 6.61 Å². The molecule has 74 valence electrons. The number of hydrogen-bond donors (Lipinski definition) is 0. The zero-order valence-electron chi connectivity index (χ0n) is 5.47. The van der Waals surface area contributed by atoms with E-state index in [0.29, 0.717) is 0 Å². The third-order valence-corrected chi connectivity index (χ3v) is 1.35. The molecule has 12 heavy (non-hydrogen) atoms. The smallest absolute Gasteiger partial charge is 0.249 e. The van der Waals surface area contributed by atoms with E-state index in [4.69, 9.17) is 0 Å². The number of hydrogen-bond acceptors (Lipinski definition) is 4. The number of halogens is 4. The highest BCUT2D eigenvalue weighted by atomic mass is 32.3. The Hall–Kier alpha value is -0.410. The Morgan fingerprint density at radius 3 is 2.08 bits per heavy atom. The molecule has 0 fully saturated rings. The fraction of sp³-hybridized carbons (Fsp3) is 1.00. The lowest BCUT2D eigenvalue weighted by molar-refractivity contribution is -0.275. The lowest BCUT2D eigenvalue weighted by Gasteiger charge is -2.05. The van der Waals surface area contributed by atoms with Gasteiger partial charge in [0, 0.05) is 0 Å². The molecule has 0 saturated carbocycles. The van der Waals surface area contributed by atoms with E-state index in [1.54, 1.807) is 0 Å². The molecule has 0 spiro atoms. The van der Waals surface area contributed by atoms with Gasteiger partial charge in [-0.15, -0.1) is 17.4 Å². The Kier molecular flexibility index (Phi) is 3.87. The molecule has 0 amide bonds. The first-order chi connectivity index (χ1) is 5.27. The largest absolute Gasteiger partial charge is 0.538 e. The fourth-order valence-corrected chi connectivity index (χ4v) is 0.820. The minimum atomic E-state index is -5.35. The average Bonchev–Trinajstić information content (AvgIpc) is 1.78. The molecule has 9 heteroatoms. The van der Waals surface area contributed by atoms with Crippen LogP contribution in [0.1, 0.15) is 0 Å². The van der Waals surface area contributed by atoms with Crippen LogP contribution in [0.2, 0.25) is 0 Å². The summed E-state index contributed by atoms with van der Waals surface area (Å²) in [5.41, 5.74) is 0. The zero-order valence-corrected chi connectivity index (χ0v) is 6.28. The molecular weight excluding hydrogens is 208 g/mol. The van der Waals surface area contributed by atoms with E-state index in [1.807, 2.05) is 0 Å². The molecule has 0 atom stereocenters. The Bertz CT molecular complexity index is 219. The first-order valence-corrected chi connectivity index (χ1v) is 3.83. The number of rotatable bonds is 4. The Morgan fingerprint density at radius 2 is 1.75 bits per heavy atom. The van der Waals surface area contributed by atoms with E-state index in [-0.39, 0.29) is 0 Å². The summed E-state index contributed by atoms with van der Waals surface area (Å²) in [6.45, 7) is -2.22. The van der Waals surface area contributed by atoms with Gasteiger partial charge in [-0.2, -0.15) is 8.42 Å². The van der Waals surface area contributed by atoms with Crippen LogP contribution in [-0.4, -0.2) is 28.1 Å². The first-order valence-electron chi connectivity index (χ1n) is 2.49. The van der Waals surface area contributed by atoms with Gasteiger partial charge in [0.25, 0.3) is 0 Å². The van der Waals surface area contributed by atoms with Crippen LogP contribution in [0.3, 0.4) is 0 Å². The monoisotopic (exact) mass is 212 g/mol. The molecule has 0 aliphatic heterocycles. The molecule has 0 bridgehead atoms. The summed E-state index contributed by atoms with van der Waals surface area (Å²) in [6, 6.07) is 0. The Balaban J connectivity index is 4.06. The fourth-order valence-electron chi connectivity index (χ4n) is 0.273. The van der Waals surface area contributed by atoms with Crippen LogP contribution in [0, 0.1) is 0 Å². The average molecular weight is 212 g/mol. The summed E-state index contributed by atoms with van der Waals surface area (Å²) >= 11 is 0. The van der Waals surface area contributed by atoms with Crippen LogP contribution < -0.4 is 0 Å². The minimum Gasteiger partial charge on any atom is -0.249 e. The van der Waals surface area contributed by atoms with Gasteiger partial charge in [0.15, 0.2) is 0 Å². The van der Waals surface area contributed by atoms with Gasteiger partial charge >= 0.3 is 16.8 Å². The van der Waals surface area contributed by atoms with Crippen molar-refractivity contribution in [2.45, 2.75) is 6.36 Å². The van der Waals surface area contributed by atoms with Crippen LogP contribution in [-0.2, 0) is 18.8 Å². The maximum atomic E-state index is 11.2. The minimum absolute atomic E-state index is 1.00. The lowest BCUT2D eigenvalue weighted by atomic mass is 10.9. The van der Waals surface area contributed by atoms with Crippen molar-refractivity contribution in [2.24, 2.45) is 0 Å². The summed E-state index contributed by atoms with van der Waals surface area (Å²) in [7, 11) is -5.17. The molecule has 0 aliphatic rings. The highest BCUT2D eigenvalue weighted by Crippen LogP contribution is 2.19. The molecule has 0 aromatic carbocycles. The van der Waals surface area contributed by atoms with Crippen LogP contribution in [0.25, 0.3) is 0 Å².